The van der Waals surface area contributed by atoms with E-state index in [2.05, 4.69) is 292 Å². The van der Waals surface area contributed by atoms with Crippen molar-refractivity contribution in [1.29, 1.82) is 0 Å². The van der Waals surface area contributed by atoms with E-state index in [1.807, 2.05) is 0 Å². The summed E-state index contributed by atoms with van der Waals surface area (Å²) in [5.74, 6) is 0. The molecule has 0 aliphatic heterocycles. The number of aryl methyl sites for hydroxylation is 4. The maximum Gasteiger partial charge on any atom is 0.0468 e. The van der Waals surface area contributed by atoms with E-state index < -0.39 is 0 Å². The third-order valence-electron chi connectivity index (χ3n) is 13.5. The van der Waals surface area contributed by atoms with Crippen molar-refractivity contribution in [3.05, 3.63) is 317 Å². The summed E-state index contributed by atoms with van der Waals surface area (Å²) < 4.78 is 0. The van der Waals surface area contributed by atoms with Crippen molar-refractivity contribution in [3.8, 4) is 0 Å². The fourth-order valence-electron chi connectivity index (χ4n) is 9.65. The molecule has 11 rings (SSSR count). The Labute approximate surface area is 410 Å². The third kappa shape index (κ3) is 9.04. The van der Waals surface area contributed by atoms with E-state index in [1.54, 1.807) is 0 Å². The number of nitrogens with zero attached hydrogens (tertiary/aromatic N) is 2. The normalized spacial score (nSPS) is 11.6. The van der Waals surface area contributed by atoms with Crippen molar-refractivity contribution in [2.75, 3.05) is 9.80 Å². The van der Waals surface area contributed by atoms with Crippen LogP contribution in [0.4, 0.5) is 34.1 Å². The first-order valence-corrected chi connectivity index (χ1v) is 24.2. The molecule has 2 nitrogen and oxygen atoms in total. The molecule has 0 spiro atoms. The zero-order chi connectivity index (χ0) is 47.6. The van der Waals surface area contributed by atoms with Gasteiger partial charge in [-0.25, -0.2) is 0 Å². The van der Waals surface area contributed by atoms with Crippen molar-refractivity contribution in [2.45, 2.75) is 27.7 Å². The number of hydrogen-bond acceptors (Lipinski definition) is 2. The second-order valence-electron chi connectivity index (χ2n) is 18.6. The standard InChI is InChI=1S/C68H54N2/c1-47-13-21-51(22-14-47)25-27-53-29-37-57(38-30-53)69(55-33-17-49(3)18-34-55)59-41-43-65-62-10-6-8-12-64(62)68-46-60(42-44-66(68)61-9-5-7-11-63(61)67(65)45-59)70(56-35-19-50(4)20-36-56)58-39-31-54(32-40-58)28-26-52-23-15-48(2)16-24-52/h5-46H,1-4H3. The van der Waals surface area contributed by atoms with E-state index in [0.29, 0.717) is 0 Å². The Hall–Kier alpha value is -8.72. The summed E-state index contributed by atoms with van der Waals surface area (Å²) >= 11 is 0. The minimum atomic E-state index is 1.10. The van der Waals surface area contributed by atoms with Crippen LogP contribution in [0.25, 0.3) is 24.3 Å². The lowest BCUT2D eigenvalue weighted by atomic mass is 10.0. The minimum absolute atomic E-state index is 1.10. The predicted octanol–water partition coefficient (Wildman–Crippen LogP) is 17.7. The summed E-state index contributed by atoms with van der Waals surface area (Å²) in [6, 6.07) is 84.7. The lowest BCUT2D eigenvalue weighted by Gasteiger charge is -2.26. The number of fused-ring (bicyclic) bond motifs is 4. The lowest BCUT2D eigenvalue weighted by Crippen LogP contribution is -2.10. The maximum absolute atomic E-state index is 2.40. The van der Waals surface area contributed by atoms with Gasteiger partial charge in [-0.05, 0) is 164 Å². The molecule has 10 aromatic rings. The zero-order valence-corrected chi connectivity index (χ0v) is 40.1. The third-order valence-corrected chi connectivity index (χ3v) is 13.5. The zero-order valence-electron chi connectivity index (χ0n) is 40.1. The fraction of sp³-hybridized carbons (Fsp3) is 0.0588. The molecule has 0 unspecified atom stereocenters. The summed E-state index contributed by atoms with van der Waals surface area (Å²) in [6.45, 7) is 8.54. The molecule has 0 fully saturated rings. The highest BCUT2D eigenvalue weighted by molar-refractivity contribution is 5.80. The fourth-order valence-corrected chi connectivity index (χ4v) is 9.65. The largest absolute Gasteiger partial charge is 0.310 e. The Kier molecular flexibility index (Phi) is 12.0. The van der Waals surface area contributed by atoms with Crippen molar-refractivity contribution in [3.63, 3.8) is 0 Å². The second-order valence-corrected chi connectivity index (χ2v) is 18.6. The smallest absolute Gasteiger partial charge is 0.0468 e. The van der Waals surface area contributed by atoms with Gasteiger partial charge in [0.05, 0.1) is 0 Å². The van der Waals surface area contributed by atoms with E-state index >= 15 is 0 Å². The molecule has 0 N–H and O–H groups in total. The molecule has 10 aromatic carbocycles. The van der Waals surface area contributed by atoms with Crippen LogP contribution in [0.1, 0.15) is 44.5 Å². The Morgan fingerprint density at radius 1 is 0.214 bits per heavy atom. The van der Waals surface area contributed by atoms with Crippen molar-refractivity contribution < 1.29 is 0 Å². The van der Waals surface area contributed by atoms with Crippen LogP contribution < -0.4 is 9.80 Å². The van der Waals surface area contributed by atoms with Crippen molar-refractivity contribution in [1.82, 2.24) is 0 Å². The molecule has 0 saturated heterocycles. The molecule has 1 aliphatic carbocycles. The topological polar surface area (TPSA) is 6.48 Å². The van der Waals surface area contributed by atoms with Crippen LogP contribution in [0, 0.1) is 69.4 Å². The molecule has 70 heavy (non-hydrogen) atoms. The van der Waals surface area contributed by atoms with Gasteiger partial charge in [0.25, 0.3) is 0 Å². The van der Waals surface area contributed by atoms with Crippen LogP contribution in [-0.2, 0) is 0 Å². The summed E-state index contributed by atoms with van der Waals surface area (Å²) in [7, 11) is 0. The average Bonchev–Trinajstić information content (AvgIpc) is 3.40. The van der Waals surface area contributed by atoms with Crippen LogP contribution in [0.2, 0.25) is 0 Å². The van der Waals surface area contributed by atoms with Gasteiger partial charge in [0.2, 0.25) is 0 Å². The van der Waals surface area contributed by atoms with Crippen molar-refractivity contribution in [2.24, 2.45) is 0 Å². The summed E-state index contributed by atoms with van der Waals surface area (Å²) in [6.07, 6.45) is 8.74. The van der Waals surface area contributed by atoms with E-state index in [1.165, 1.54) is 75.1 Å². The van der Waals surface area contributed by atoms with Crippen LogP contribution in [0.5, 0.6) is 0 Å². The first-order chi connectivity index (χ1) is 34.3. The van der Waals surface area contributed by atoms with E-state index in [0.717, 1.165) is 45.3 Å². The maximum atomic E-state index is 2.40. The molecule has 0 aromatic heterocycles. The van der Waals surface area contributed by atoms with Gasteiger partial charge < -0.3 is 9.80 Å². The average molecular weight is 899 g/mol. The minimum Gasteiger partial charge on any atom is -0.310 e. The molecule has 0 atom stereocenters. The Bertz CT molecular complexity index is 3720. The van der Waals surface area contributed by atoms with Gasteiger partial charge >= 0.3 is 0 Å². The van der Waals surface area contributed by atoms with Crippen LogP contribution in [0.15, 0.2) is 231 Å². The highest BCUT2D eigenvalue weighted by atomic mass is 15.1. The van der Waals surface area contributed by atoms with Gasteiger partial charge in [-0.1, -0.05) is 204 Å². The van der Waals surface area contributed by atoms with Crippen LogP contribution in [0.3, 0.4) is 0 Å². The van der Waals surface area contributed by atoms with Gasteiger partial charge in [-0.15, -0.1) is 0 Å². The van der Waals surface area contributed by atoms with Crippen LogP contribution in [-0.4, -0.2) is 0 Å². The molecule has 0 bridgehead atoms. The van der Waals surface area contributed by atoms with Crippen LogP contribution >= 0.6 is 0 Å². The number of hydrogen-bond donors (Lipinski definition) is 0. The first kappa shape index (κ1) is 43.8. The molecule has 1 aliphatic rings. The lowest BCUT2D eigenvalue weighted by molar-refractivity contribution is 1.23. The van der Waals surface area contributed by atoms with Gasteiger partial charge in [0.1, 0.15) is 0 Å². The molecule has 2 heteroatoms. The van der Waals surface area contributed by atoms with E-state index in [9.17, 15) is 0 Å². The SMILES string of the molecule is Cc1ccc(C=Cc2ccc(N(c3ccc(C)cc3)c3ccc4c(c3)=c3ccccc3=c3ccc(N(c5ccc(C)cc5)c5ccc(C=Cc6ccc(C)cc6)cc5)cc3=c3ccccc3=4)cc2)cc1. The number of benzene rings is 10. The molecule has 0 radical (unpaired) electrons. The van der Waals surface area contributed by atoms with Gasteiger partial charge in [-0.3, -0.25) is 0 Å². The Balaban J connectivity index is 1.08. The molecule has 0 saturated carbocycles. The predicted molar refractivity (Wildman–Crippen MR) is 296 cm³/mol. The van der Waals surface area contributed by atoms with Crippen molar-refractivity contribution >= 4 is 58.4 Å². The molecule has 336 valence electrons. The summed E-state index contributed by atoms with van der Waals surface area (Å²) in [4.78, 5) is 4.76. The molecule has 0 amide bonds. The highest BCUT2D eigenvalue weighted by Gasteiger charge is 2.16. The second kappa shape index (κ2) is 19.1. The monoisotopic (exact) mass is 898 g/mol. The van der Waals surface area contributed by atoms with E-state index in [4.69, 9.17) is 0 Å². The summed E-state index contributed by atoms with van der Waals surface area (Å²) in [5, 5.41) is 9.61. The number of anilines is 6. The highest BCUT2D eigenvalue weighted by Crippen LogP contribution is 2.37. The van der Waals surface area contributed by atoms with Gasteiger partial charge in [0, 0.05) is 34.1 Å². The molecular formula is C68H54N2. The van der Waals surface area contributed by atoms with Gasteiger partial charge in [-0.2, -0.15) is 0 Å². The number of rotatable bonds is 10. The quantitative estimate of drug-likeness (QED) is 0.126. The molecular weight excluding hydrogens is 845 g/mol. The van der Waals surface area contributed by atoms with Gasteiger partial charge in [0.15, 0.2) is 0 Å². The van der Waals surface area contributed by atoms with E-state index in [-0.39, 0.29) is 0 Å². The first-order valence-electron chi connectivity index (χ1n) is 24.2. The molecule has 0 heterocycles. The Morgan fingerprint density at radius 2 is 0.429 bits per heavy atom. The Morgan fingerprint density at radius 3 is 0.729 bits per heavy atom. The summed E-state index contributed by atoms with van der Waals surface area (Å²) in [5.41, 5.74) is 16.3.